The maximum atomic E-state index is 12.7. The van der Waals surface area contributed by atoms with Crippen LogP contribution < -0.4 is 0 Å². The average molecular weight is 328 g/mol. The molecule has 24 heavy (non-hydrogen) atoms. The number of piperidine rings is 1. The van der Waals surface area contributed by atoms with Gasteiger partial charge in [-0.3, -0.25) is 9.59 Å². The largest absolute Gasteiger partial charge is 0.481 e. The van der Waals surface area contributed by atoms with Crippen molar-refractivity contribution >= 4 is 11.9 Å². The van der Waals surface area contributed by atoms with Crippen molar-refractivity contribution in [2.45, 2.75) is 32.7 Å². The predicted octanol–water partition coefficient (Wildman–Crippen LogP) is 2.98. The van der Waals surface area contributed by atoms with Gasteiger partial charge in [0.1, 0.15) is 5.69 Å². The molecule has 1 amide bonds. The van der Waals surface area contributed by atoms with Crippen LogP contribution in [0.3, 0.4) is 0 Å². The third-order valence-electron chi connectivity index (χ3n) is 4.63. The number of carboxylic acids is 1. The monoisotopic (exact) mass is 328 g/mol. The summed E-state index contributed by atoms with van der Waals surface area (Å²) in [5.74, 6) is -1.57. The number of benzene rings is 1. The quantitative estimate of drug-likeness (QED) is 0.936. The van der Waals surface area contributed by atoms with Crippen molar-refractivity contribution in [2.24, 2.45) is 5.92 Å². The van der Waals surface area contributed by atoms with Gasteiger partial charge in [-0.15, -0.1) is 0 Å². The van der Waals surface area contributed by atoms with Crippen LogP contribution in [0.2, 0.25) is 0 Å². The molecule has 126 valence electrons. The van der Waals surface area contributed by atoms with Crippen LogP contribution in [0.15, 0.2) is 34.9 Å². The number of carbonyl (C=O) groups excluding carboxylic acids is 1. The Morgan fingerprint density at radius 2 is 2.00 bits per heavy atom. The van der Waals surface area contributed by atoms with Crippen molar-refractivity contribution in [3.8, 4) is 11.3 Å². The summed E-state index contributed by atoms with van der Waals surface area (Å²) in [5.41, 5.74) is 2.61. The summed E-state index contributed by atoms with van der Waals surface area (Å²) in [6.07, 6.45) is 1.26. The van der Waals surface area contributed by atoms with Crippen LogP contribution in [-0.4, -0.2) is 39.6 Å². The smallest absolute Gasteiger partial charge is 0.308 e. The van der Waals surface area contributed by atoms with Gasteiger partial charge in [-0.2, -0.15) is 0 Å². The van der Waals surface area contributed by atoms with Crippen LogP contribution in [0.25, 0.3) is 11.3 Å². The third kappa shape index (κ3) is 3.04. The fourth-order valence-electron chi connectivity index (χ4n) is 3.14. The first kappa shape index (κ1) is 16.2. The highest BCUT2D eigenvalue weighted by molar-refractivity contribution is 5.93. The molecule has 0 saturated carbocycles. The SMILES string of the molecule is Cc1ccc(-c2cc(C(=O)N3CCC[C@@H](C(=O)O)[C@H]3C)on2)cc1. The van der Waals surface area contributed by atoms with E-state index in [-0.39, 0.29) is 17.7 Å². The van der Waals surface area contributed by atoms with E-state index in [4.69, 9.17) is 4.52 Å². The fourth-order valence-corrected chi connectivity index (χ4v) is 3.14. The van der Waals surface area contributed by atoms with Crippen LogP contribution in [0.4, 0.5) is 0 Å². The lowest BCUT2D eigenvalue weighted by molar-refractivity contribution is -0.145. The van der Waals surface area contributed by atoms with Crippen LogP contribution in [0.1, 0.15) is 35.9 Å². The molecule has 0 bridgehead atoms. The molecule has 1 aromatic carbocycles. The zero-order valence-electron chi connectivity index (χ0n) is 13.7. The second-order valence-electron chi connectivity index (χ2n) is 6.27. The standard InChI is InChI=1S/C18H20N2O4/c1-11-5-7-13(8-6-11)15-10-16(24-19-15)17(21)20-9-3-4-14(12(20)2)18(22)23/h5-8,10,12,14H,3-4,9H2,1-2H3,(H,22,23)/t12-,14-/m1/s1. The molecule has 0 spiro atoms. The zero-order valence-corrected chi connectivity index (χ0v) is 13.7. The van der Waals surface area contributed by atoms with Crippen molar-refractivity contribution in [1.29, 1.82) is 0 Å². The van der Waals surface area contributed by atoms with Crippen LogP contribution >= 0.6 is 0 Å². The minimum absolute atomic E-state index is 0.142. The van der Waals surface area contributed by atoms with Gasteiger partial charge in [0.25, 0.3) is 5.91 Å². The Bertz CT molecular complexity index is 751. The number of aryl methyl sites for hydroxylation is 1. The van der Waals surface area contributed by atoms with Crippen molar-refractivity contribution in [3.63, 3.8) is 0 Å². The maximum absolute atomic E-state index is 12.7. The first-order valence-corrected chi connectivity index (χ1v) is 8.05. The lowest BCUT2D eigenvalue weighted by Gasteiger charge is -2.36. The van der Waals surface area contributed by atoms with Gasteiger partial charge in [0.2, 0.25) is 5.76 Å². The molecule has 1 aliphatic rings. The molecule has 1 fully saturated rings. The summed E-state index contributed by atoms with van der Waals surface area (Å²) in [6.45, 7) is 4.30. The normalized spacial score (nSPS) is 20.8. The fraction of sp³-hybridized carbons (Fsp3) is 0.389. The second-order valence-corrected chi connectivity index (χ2v) is 6.27. The Labute approximate surface area is 140 Å². The Hall–Kier alpha value is -2.63. The summed E-state index contributed by atoms with van der Waals surface area (Å²) in [7, 11) is 0. The molecule has 2 atom stereocenters. The molecule has 1 aromatic heterocycles. The van der Waals surface area contributed by atoms with Crippen LogP contribution in [0, 0.1) is 12.8 Å². The van der Waals surface area contributed by atoms with Gasteiger partial charge in [0, 0.05) is 24.2 Å². The van der Waals surface area contributed by atoms with E-state index in [0.717, 1.165) is 11.1 Å². The molecular formula is C18H20N2O4. The molecule has 6 heteroatoms. The summed E-state index contributed by atoms with van der Waals surface area (Å²) in [6, 6.07) is 9.03. The van der Waals surface area contributed by atoms with E-state index in [9.17, 15) is 14.7 Å². The molecule has 3 rings (SSSR count). The van der Waals surface area contributed by atoms with Gasteiger partial charge in [-0.25, -0.2) is 0 Å². The summed E-state index contributed by atoms with van der Waals surface area (Å²) >= 11 is 0. The van der Waals surface area contributed by atoms with Gasteiger partial charge in [-0.05, 0) is 26.7 Å². The minimum atomic E-state index is -0.863. The molecule has 2 aromatic rings. The van der Waals surface area contributed by atoms with E-state index in [2.05, 4.69) is 5.16 Å². The third-order valence-corrected chi connectivity index (χ3v) is 4.63. The molecule has 2 heterocycles. The van der Waals surface area contributed by atoms with E-state index in [1.54, 1.807) is 17.9 Å². The Balaban J connectivity index is 1.80. The first-order chi connectivity index (χ1) is 11.5. The predicted molar refractivity (Wildman–Crippen MR) is 87.5 cm³/mol. The van der Waals surface area contributed by atoms with E-state index in [1.165, 1.54) is 0 Å². The first-order valence-electron chi connectivity index (χ1n) is 8.05. The van der Waals surface area contributed by atoms with Gasteiger partial charge in [0.05, 0.1) is 5.92 Å². The number of aliphatic carboxylic acids is 1. The van der Waals surface area contributed by atoms with Crippen molar-refractivity contribution in [1.82, 2.24) is 10.1 Å². The van der Waals surface area contributed by atoms with Crippen molar-refractivity contribution < 1.29 is 19.2 Å². The van der Waals surface area contributed by atoms with Gasteiger partial charge in [0.15, 0.2) is 0 Å². The van der Waals surface area contributed by atoms with Gasteiger partial charge >= 0.3 is 5.97 Å². The van der Waals surface area contributed by atoms with Crippen molar-refractivity contribution in [3.05, 3.63) is 41.7 Å². The number of carboxylic acid groups (broad SMARTS) is 1. The highest BCUT2D eigenvalue weighted by Crippen LogP contribution is 2.27. The van der Waals surface area contributed by atoms with Gasteiger partial charge in [-0.1, -0.05) is 35.0 Å². The maximum Gasteiger partial charge on any atom is 0.308 e. The summed E-state index contributed by atoms with van der Waals surface area (Å²) in [4.78, 5) is 25.6. The molecular weight excluding hydrogens is 308 g/mol. The Morgan fingerprint density at radius 3 is 2.67 bits per heavy atom. The Kier molecular flexibility index (Phi) is 4.38. The summed E-state index contributed by atoms with van der Waals surface area (Å²) in [5, 5.41) is 13.3. The highest BCUT2D eigenvalue weighted by atomic mass is 16.5. The van der Waals surface area contributed by atoms with E-state index in [1.807, 2.05) is 31.2 Å². The van der Waals surface area contributed by atoms with E-state index >= 15 is 0 Å². The molecule has 0 unspecified atom stereocenters. The average Bonchev–Trinajstić information content (AvgIpc) is 3.05. The van der Waals surface area contributed by atoms with E-state index < -0.39 is 11.9 Å². The number of carbonyl (C=O) groups is 2. The second kappa shape index (κ2) is 6.47. The number of aromatic nitrogens is 1. The topological polar surface area (TPSA) is 83.6 Å². The van der Waals surface area contributed by atoms with Crippen LogP contribution in [0.5, 0.6) is 0 Å². The number of nitrogens with zero attached hydrogens (tertiary/aromatic N) is 2. The van der Waals surface area contributed by atoms with Crippen LogP contribution in [-0.2, 0) is 4.79 Å². The lowest BCUT2D eigenvalue weighted by atomic mass is 9.90. The summed E-state index contributed by atoms with van der Waals surface area (Å²) < 4.78 is 5.22. The molecule has 1 N–H and O–H groups in total. The zero-order chi connectivity index (χ0) is 17.3. The highest BCUT2D eigenvalue weighted by Gasteiger charge is 2.36. The van der Waals surface area contributed by atoms with Crippen molar-refractivity contribution in [2.75, 3.05) is 6.54 Å². The molecule has 0 aliphatic carbocycles. The minimum Gasteiger partial charge on any atom is -0.481 e. The molecule has 0 radical (unpaired) electrons. The lowest BCUT2D eigenvalue weighted by Crippen LogP contribution is -2.49. The molecule has 6 nitrogen and oxygen atoms in total. The number of amides is 1. The number of rotatable bonds is 3. The number of hydrogen-bond donors (Lipinski definition) is 1. The number of hydrogen-bond acceptors (Lipinski definition) is 4. The van der Waals surface area contributed by atoms with Gasteiger partial charge < -0.3 is 14.5 Å². The van der Waals surface area contributed by atoms with E-state index in [0.29, 0.717) is 25.1 Å². The Morgan fingerprint density at radius 1 is 1.29 bits per heavy atom. The molecule has 1 saturated heterocycles. The molecule has 1 aliphatic heterocycles. The number of likely N-dealkylation sites (tertiary alicyclic amines) is 1.